The van der Waals surface area contributed by atoms with Crippen molar-refractivity contribution in [1.29, 1.82) is 0 Å². The van der Waals surface area contributed by atoms with Crippen LogP contribution < -0.4 is 5.11 Å². The van der Waals surface area contributed by atoms with Crippen LogP contribution in [-0.2, 0) is 4.74 Å². The molecule has 0 spiro atoms. The van der Waals surface area contributed by atoms with Crippen molar-refractivity contribution in [3.8, 4) is 0 Å². The van der Waals surface area contributed by atoms with E-state index < -0.39 is 71.9 Å². The molecule has 0 aliphatic heterocycles. The number of rotatable bonds is 9. The van der Waals surface area contributed by atoms with Gasteiger partial charge in [-0.2, -0.15) is 57.1 Å². The maximum absolute atomic E-state index is 13.6. The monoisotopic (exact) mass is 511 g/mol. The third-order valence-corrected chi connectivity index (χ3v) is 4.01. The van der Waals surface area contributed by atoms with Crippen molar-refractivity contribution in [2.24, 2.45) is 0 Å². The summed E-state index contributed by atoms with van der Waals surface area (Å²) in [5.74, 6) is -41.6. The number of carbonyl (C=O) groups excluding carboxylic acids is 2. The average Bonchev–Trinajstić information content (AvgIpc) is 2.66. The van der Waals surface area contributed by atoms with Crippen molar-refractivity contribution in [3.05, 3.63) is 35.4 Å². The Bertz CT molecular complexity index is 893. The zero-order chi connectivity index (χ0) is 26.3. The van der Waals surface area contributed by atoms with Gasteiger partial charge in [0.1, 0.15) is 0 Å². The van der Waals surface area contributed by atoms with Crippen molar-refractivity contribution in [3.63, 3.8) is 0 Å². The van der Waals surface area contributed by atoms with Crippen molar-refractivity contribution in [2.45, 2.75) is 42.2 Å². The highest BCUT2D eigenvalue weighted by atomic mass is 19.4. The maximum atomic E-state index is 13.6. The third-order valence-electron chi connectivity index (χ3n) is 4.01. The predicted octanol–water partition coefficient (Wildman–Crippen LogP) is 4.34. The molecule has 4 nitrogen and oxygen atoms in total. The molecule has 0 radical (unpaired) electrons. The van der Waals surface area contributed by atoms with Gasteiger partial charge >= 0.3 is 41.8 Å². The highest BCUT2D eigenvalue weighted by Crippen LogP contribution is 2.60. The normalized spacial score (nSPS) is 14.2. The number of aromatic carboxylic acids is 1. The van der Waals surface area contributed by atoms with Crippen LogP contribution in [0.3, 0.4) is 0 Å². The molecule has 0 atom stereocenters. The van der Waals surface area contributed by atoms with Crippen LogP contribution in [0.4, 0.5) is 57.1 Å². The lowest BCUT2D eigenvalue weighted by Gasteiger charge is -2.39. The number of carbonyl (C=O) groups is 2. The molecule has 0 saturated carbocycles. The second-order valence-electron chi connectivity index (χ2n) is 6.22. The molecular formula is C16H8F13O4-. The summed E-state index contributed by atoms with van der Waals surface area (Å²) in [6, 6.07) is 3.52. The van der Waals surface area contributed by atoms with E-state index >= 15 is 0 Å². The van der Waals surface area contributed by atoms with Gasteiger partial charge in [0.2, 0.25) is 0 Å². The van der Waals surface area contributed by atoms with Gasteiger partial charge < -0.3 is 14.6 Å². The molecule has 0 bridgehead atoms. The molecule has 0 heterocycles. The van der Waals surface area contributed by atoms with Crippen LogP contribution in [0.5, 0.6) is 0 Å². The van der Waals surface area contributed by atoms with Gasteiger partial charge in [-0.05, 0) is 6.07 Å². The number of ether oxygens (including phenoxy) is 1. The first-order chi connectivity index (χ1) is 14.6. The zero-order valence-corrected chi connectivity index (χ0v) is 15.3. The zero-order valence-electron chi connectivity index (χ0n) is 15.3. The van der Waals surface area contributed by atoms with Crippen molar-refractivity contribution >= 4 is 11.9 Å². The Morgan fingerprint density at radius 1 is 0.697 bits per heavy atom. The van der Waals surface area contributed by atoms with Gasteiger partial charge in [-0.3, -0.25) is 0 Å². The minimum atomic E-state index is -8.03. The first-order valence-corrected chi connectivity index (χ1v) is 7.99. The summed E-state index contributed by atoms with van der Waals surface area (Å²) in [7, 11) is 0. The van der Waals surface area contributed by atoms with Gasteiger partial charge in [0, 0.05) is 5.56 Å². The maximum Gasteiger partial charge on any atom is 0.460 e. The molecule has 188 valence electrons. The molecule has 0 fully saturated rings. The number of hydrogen-bond donors (Lipinski definition) is 0. The average molecular weight is 511 g/mol. The lowest BCUT2D eigenvalue weighted by Crippen LogP contribution is -2.70. The Morgan fingerprint density at radius 2 is 1.12 bits per heavy atom. The lowest BCUT2D eigenvalue weighted by molar-refractivity contribution is -0.440. The van der Waals surface area contributed by atoms with Gasteiger partial charge in [0.15, 0.2) is 0 Å². The number of esters is 1. The predicted molar refractivity (Wildman–Crippen MR) is 76.5 cm³/mol. The summed E-state index contributed by atoms with van der Waals surface area (Å²) in [5, 5.41) is 10.8. The van der Waals surface area contributed by atoms with Crippen LogP contribution in [0.2, 0.25) is 0 Å². The quantitative estimate of drug-likeness (QED) is 0.366. The topological polar surface area (TPSA) is 66.4 Å². The number of alkyl halides is 13. The molecule has 0 aromatic heterocycles. The van der Waals surface area contributed by atoms with Crippen LogP contribution in [0.25, 0.3) is 0 Å². The van der Waals surface area contributed by atoms with E-state index in [2.05, 4.69) is 4.74 Å². The molecule has 0 aliphatic carbocycles. The van der Waals surface area contributed by atoms with E-state index in [9.17, 15) is 71.8 Å². The molecule has 17 heteroatoms. The highest BCUT2D eigenvalue weighted by Gasteiger charge is 2.90. The first-order valence-electron chi connectivity index (χ1n) is 7.99. The van der Waals surface area contributed by atoms with Crippen LogP contribution >= 0.6 is 0 Å². The molecule has 33 heavy (non-hydrogen) atoms. The molecule has 0 aliphatic rings. The summed E-state index contributed by atoms with van der Waals surface area (Å²) in [6.45, 7) is -2.00. The number of benzene rings is 1. The van der Waals surface area contributed by atoms with Gasteiger partial charge in [0.05, 0.1) is 24.6 Å². The van der Waals surface area contributed by atoms with E-state index in [0.29, 0.717) is 6.07 Å². The van der Waals surface area contributed by atoms with E-state index in [-0.39, 0.29) is 0 Å². The van der Waals surface area contributed by atoms with E-state index in [1.54, 1.807) is 0 Å². The Kier molecular flexibility index (Phi) is 7.33. The SMILES string of the molecule is O=C([O-])c1ccccc1C(=O)OCCC(F)(F)C(F)(F)C(F)(F)C(F)(F)C(F)(F)C(F)(F)F. The van der Waals surface area contributed by atoms with Crippen LogP contribution in [-0.4, -0.2) is 54.3 Å². The van der Waals surface area contributed by atoms with Crippen molar-refractivity contribution in [1.82, 2.24) is 0 Å². The molecule has 1 aromatic rings. The summed E-state index contributed by atoms with van der Waals surface area (Å²) in [5.41, 5.74) is -1.78. The molecule has 0 amide bonds. The summed E-state index contributed by atoms with van der Waals surface area (Å²) in [6.07, 6.45) is -10.3. The number of carboxylic acid groups (broad SMARTS) is 1. The second-order valence-corrected chi connectivity index (χ2v) is 6.22. The summed E-state index contributed by atoms with van der Waals surface area (Å²) >= 11 is 0. The highest BCUT2D eigenvalue weighted by molar-refractivity contribution is 6.01. The standard InChI is InChI=1S/C16H9F13O4/c17-11(18,5-6-33-10(32)8-4-2-1-3-7(8)9(30)31)12(19,20)13(21,22)14(23,24)15(25,26)16(27,28)29/h1-4H,5-6H2,(H,30,31)/p-1. The van der Waals surface area contributed by atoms with E-state index in [1.165, 1.54) is 0 Å². The fourth-order valence-corrected chi connectivity index (χ4v) is 2.15. The molecule has 1 rings (SSSR count). The number of carboxylic acids is 1. The Balaban J connectivity index is 3.12. The van der Waals surface area contributed by atoms with E-state index in [4.69, 9.17) is 0 Å². The third kappa shape index (κ3) is 4.66. The van der Waals surface area contributed by atoms with Gasteiger partial charge in [-0.15, -0.1) is 0 Å². The number of halogens is 13. The van der Waals surface area contributed by atoms with Crippen molar-refractivity contribution in [2.75, 3.05) is 6.61 Å². The Hall–Kier alpha value is -2.75. The van der Waals surface area contributed by atoms with Gasteiger partial charge in [-0.1, -0.05) is 18.2 Å². The minimum absolute atomic E-state index is 0.716. The second kappa shape index (κ2) is 8.55. The summed E-state index contributed by atoms with van der Waals surface area (Å²) in [4.78, 5) is 22.5. The first kappa shape index (κ1) is 28.3. The Labute approximate surface area is 173 Å². The van der Waals surface area contributed by atoms with Crippen LogP contribution in [0.1, 0.15) is 27.1 Å². The molecular weight excluding hydrogens is 503 g/mol. The largest absolute Gasteiger partial charge is 0.545 e. The van der Waals surface area contributed by atoms with Gasteiger partial charge in [-0.25, -0.2) is 4.79 Å². The summed E-state index contributed by atoms with van der Waals surface area (Å²) < 4.78 is 172. The molecule has 0 N–H and O–H groups in total. The Morgan fingerprint density at radius 3 is 1.55 bits per heavy atom. The fraction of sp³-hybridized carbons (Fsp3) is 0.500. The molecule has 0 saturated heterocycles. The minimum Gasteiger partial charge on any atom is -0.545 e. The van der Waals surface area contributed by atoms with Crippen molar-refractivity contribution < 1.29 is 76.5 Å². The molecule has 1 aromatic carbocycles. The van der Waals surface area contributed by atoms with Crippen LogP contribution in [0, 0.1) is 0 Å². The van der Waals surface area contributed by atoms with E-state index in [0.717, 1.165) is 18.2 Å². The lowest BCUT2D eigenvalue weighted by atomic mass is 9.93. The number of hydrogen-bond acceptors (Lipinski definition) is 4. The van der Waals surface area contributed by atoms with Gasteiger partial charge in [0.25, 0.3) is 0 Å². The smallest absolute Gasteiger partial charge is 0.460 e. The van der Waals surface area contributed by atoms with Crippen LogP contribution in [0.15, 0.2) is 24.3 Å². The molecule has 0 unspecified atom stereocenters. The van der Waals surface area contributed by atoms with E-state index in [1.807, 2.05) is 0 Å². The fourth-order valence-electron chi connectivity index (χ4n) is 2.15.